The van der Waals surface area contributed by atoms with Gasteiger partial charge in [-0.05, 0) is 71.6 Å². The van der Waals surface area contributed by atoms with Gasteiger partial charge >= 0.3 is 0 Å². The zero-order chi connectivity index (χ0) is 15.1. The van der Waals surface area contributed by atoms with Gasteiger partial charge in [0, 0.05) is 10.9 Å². The van der Waals surface area contributed by atoms with Crippen LogP contribution in [0.15, 0.2) is 45.3 Å². The molecule has 0 aliphatic carbocycles. The van der Waals surface area contributed by atoms with Gasteiger partial charge in [-0.25, -0.2) is 0 Å². The van der Waals surface area contributed by atoms with E-state index in [2.05, 4.69) is 22.9 Å². The van der Waals surface area contributed by atoms with Crippen LogP contribution in [-0.4, -0.2) is 5.78 Å². The lowest BCUT2D eigenvalue weighted by molar-refractivity contribution is 0.101. The number of furan rings is 1. The third kappa shape index (κ3) is 2.42. The van der Waals surface area contributed by atoms with Crippen LogP contribution in [0.5, 0.6) is 0 Å². The van der Waals surface area contributed by atoms with Crippen molar-refractivity contribution in [2.75, 3.05) is 0 Å². The Balaban J connectivity index is 2.12. The first-order valence-corrected chi connectivity index (χ1v) is 7.57. The van der Waals surface area contributed by atoms with E-state index in [9.17, 15) is 4.79 Å². The van der Waals surface area contributed by atoms with Crippen LogP contribution in [-0.2, 0) is 0 Å². The van der Waals surface area contributed by atoms with Crippen LogP contribution < -0.4 is 0 Å². The van der Waals surface area contributed by atoms with E-state index in [0.717, 1.165) is 21.0 Å². The first-order chi connectivity index (χ1) is 9.97. The molecule has 1 heterocycles. The molecule has 0 atom stereocenters. The number of fused-ring (bicyclic) bond motifs is 1. The smallest absolute Gasteiger partial charge is 0.228 e. The van der Waals surface area contributed by atoms with Gasteiger partial charge in [-0.2, -0.15) is 0 Å². The quantitative estimate of drug-likeness (QED) is 0.587. The second-order valence-corrected chi connectivity index (χ2v) is 6.20. The lowest BCUT2D eigenvalue weighted by Crippen LogP contribution is -2.03. The molecule has 3 aromatic rings. The second kappa shape index (κ2) is 5.15. The van der Waals surface area contributed by atoms with E-state index >= 15 is 0 Å². The van der Waals surface area contributed by atoms with Gasteiger partial charge in [-0.15, -0.1) is 0 Å². The summed E-state index contributed by atoms with van der Waals surface area (Å²) < 4.78 is 6.60. The summed E-state index contributed by atoms with van der Waals surface area (Å²) >= 11 is 3.45. The molecule has 0 unspecified atom stereocenters. The molecule has 2 nitrogen and oxygen atoms in total. The molecule has 0 fully saturated rings. The molecule has 106 valence electrons. The van der Waals surface area contributed by atoms with Crippen LogP contribution in [0.2, 0.25) is 0 Å². The number of aryl methyl sites for hydroxylation is 3. The predicted octanol–water partition coefficient (Wildman–Crippen LogP) is 5.35. The van der Waals surface area contributed by atoms with Gasteiger partial charge in [0.1, 0.15) is 5.58 Å². The highest BCUT2D eigenvalue weighted by atomic mass is 79.9. The molecule has 3 rings (SSSR count). The van der Waals surface area contributed by atoms with E-state index < -0.39 is 0 Å². The summed E-state index contributed by atoms with van der Waals surface area (Å²) in [4.78, 5) is 12.7. The molecule has 0 spiro atoms. The van der Waals surface area contributed by atoms with Gasteiger partial charge in [0.05, 0.1) is 4.47 Å². The molecule has 0 N–H and O–H groups in total. The number of carbonyl (C=O) groups is 1. The lowest BCUT2D eigenvalue weighted by atomic mass is 9.97. The molecular formula is C18H15BrO2. The molecule has 0 saturated heterocycles. The third-order valence-corrected chi connectivity index (χ3v) is 4.43. The Kier molecular flexibility index (Phi) is 3.46. The summed E-state index contributed by atoms with van der Waals surface area (Å²) in [5.74, 6) is 0.307. The summed E-state index contributed by atoms with van der Waals surface area (Å²) in [7, 11) is 0. The van der Waals surface area contributed by atoms with Crippen molar-refractivity contribution in [2.45, 2.75) is 20.8 Å². The molecule has 0 aliphatic rings. The Morgan fingerprint density at radius 2 is 1.71 bits per heavy atom. The maximum absolute atomic E-state index is 12.7. The van der Waals surface area contributed by atoms with Gasteiger partial charge < -0.3 is 4.42 Å². The second-order valence-electron chi connectivity index (χ2n) is 5.35. The predicted molar refractivity (Wildman–Crippen MR) is 88.0 cm³/mol. The van der Waals surface area contributed by atoms with E-state index in [4.69, 9.17) is 4.42 Å². The fourth-order valence-electron chi connectivity index (χ4n) is 2.48. The Labute approximate surface area is 131 Å². The molecule has 1 aromatic heterocycles. The van der Waals surface area contributed by atoms with Crippen molar-refractivity contribution < 1.29 is 9.21 Å². The van der Waals surface area contributed by atoms with E-state index in [1.165, 1.54) is 5.56 Å². The minimum absolute atomic E-state index is 0.0706. The van der Waals surface area contributed by atoms with Crippen LogP contribution in [0.25, 0.3) is 11.0 Å². The van der Waals surface area contributed by atoms with Crippen molar-refractivity contribution in [1.82, 2.24) is 0 Å². The van der Waals surface area contributed by atoms with Gasteiger partial charge in [-0.3, -0.25) is 4.79 Å². The average molecular weight is 343 g/mol. The molecule has 2 aromatic carbocycles. The molecule has 0 saturated carbocycles. The Hall–Kier alpha value is -1.87. The van der Waals surface area contributed by atoms with Crippen molar-refractivity contribution in [2.24, 2.45) is 0 Å². The molecule has 3 heteroatoms. The first-order valence-electron chi connectivity index (χ1n) is 6.78. The zero-order valence-corrected chi connectivity index (χ0v) is 13.7. The zero-order valence-electron chi connectivity index (χ0n) is 12.2. The number of carbonyl (C=O) groups excluding carboxylic acids is 1. The number of ketones is 1. The average Bonchev–Trinajstić information content (AvgIpc) is 2.87. The minimum Gasteiger partial charge on any atom is -0.451 e. The maximum Gasteiger partial charge on any atom is 0.228 e. The van der Waals surface area contributed by atoms with Gasteiger partial charge in [0.2, 0.25) is 5.78 Å². The third-order valence-electron chi connectivity index (χ3n) is 3.81. The molecule has 0 amide bonds. The van der Waals surface area contributed by atoms with E-state index in [-0.39, 0.29) is 5.78 Å². The van der Waals surface area contributed by atoms with E-state index in [1.54, 1.807) is 6.07 Å². The largest absolute Gasteiger partial charge is 0.451 e. The minimum atomic E-state index is -0.0706. The molecule has 0 radical (unpaired) electrons. The summed E-state index contributed by atoms with van der Waals surface area (Å²) in [6.45, 7) is 6.02. The van der Waals surface area contributed by atoms with Crippen molar-refractivity contribution >= 4 is 32.7 Å². The number of para-hydroxylation sites is 1. The fraction of sp³-hybridized carbons (Fsp3) is 0.167. The molecule has 21 heavy (non-hydrogen) atoms. The number of hydrogen-bond donors (Lipinski definition) is 0. The molecule has 0 aliphatic heterocycles. The normalized spacial score (nSPS) is 11.0. The summed E-state index contributed by atoms with van der Waals surface area (Å²) in [6.07, 6.45) is 0. The number of hydrogen-bond acceptors (Lipinski definition) is 2. The SMILES string of the molecule is Cc1cc(C)c(C(=O)c2cc3cccc(Br)c3o2)cc1C. The molecule has 0 bridgehead atoms. The van der Waals surface area contributed by atoms with Gasteiger partial charge in [-0.1, -0.05) is 18.2 Å². The van der Waals surface area contributed by atoms with E-state index in [1.807, 2.05) is 44.2 Å². The number of benzene rings is 2. The van der Waals surface area contributed by atoms with Gasteiger partial charge in [0.25, 0.3) is 0 Å². The van der Waals surface area contributed by atoms with Crippen molar-refractivity contribution in [3.05, 3.63) is 68.9 Å². The highest BCUT2D eigenvalue weighted by molar-refractivity contribution is 9.10. The van der Waals surface area contributed by atoms with Crippen molar-refractivity contribution in [3.8, 4) is 0 Å². The molecular weight excluding hydrogens is 328 g/mol. The Morgan fingerprint density at radius 1 is 1.00 bits per heavy atom. The van der Waals surface area contributed by atoms with Crippen LogP contribution in [0, 0.1) is 20.8 Å². The Morgan fingerprint density at radius 3 is 2.43 bits per heavy atom. The Bertz CT molecular complexity index is 859. The first kappa shape index (κ1) is 14.1. The van der Waals surface area contributed by atoms with Crippen LogP contribution >= 0.6 is 15.9 Å². The van der Waals surface area contributed by atoms with Crippen LogP contribution in [0.3, 0.4) is 0 Å². The summed E-state index contributed by atoms with van der Waals surface area (Å²) in [5, 5.41) is 0.925. The number of rotatable bonds is 2. The topological polar surface area (TPSA) is 30.2 Å². The fourth-order valence-corrected chi connectivity index (χ4v) is 2.94. The maximum atomic E-state index is 12.7. The summed E-state index contributed by atoms with van der Waals surface area (Å²) in [5.41, 5.74) is 4.69. The standard InChI is InChI=1S/C18H15BrO2/c1-10-7-12(3)14(8-11(10)2)17(20)16-9-13-5-4-6-15(19)18(13)21-16/h4-9H,1-3H3. The monoisotopic (exact) mass is 342 g/mol. The summed E-state index contributed by atoms with van der Waals surface area (Å²) in [6, 6.07) is 11.6. The number of halogens is 1. The van der Waals surface area contributed by atoms with Gasteiger partial charge in [0.15, 0.2) is 5.76 Å². The van der Waals surface area contributed by atoms with Crippen molar-refractivity contribution in [1.29, 1.82) is 0 Å². The van der Waals surface area contributed by atoms with E-state index in [0.29, 0.717) is 16.9 Å². The van der Waals surface area contributed by atoms with Crippen LogP contribution in [0.4, 0.5) is 0 Å². The van der Waals surface area contributed by atoms with Crippen molar-refractivity contribution in [3.63, 3.8) is 0 Å². The highest BCUT2D eigenvalue weighted by Crippen LogP contribution is 2.29. The lowest BCUT2D eigenvalue weighted by Gasteiger charge is -2.07. The highest BCUT2D eigenvalue weighted by Gasteiger charge is 2.18. The van der Waals surface area contributed by atoms with Crippen LogP contribution in [0.1, 0.15) is 32.8 Å².